The van der Waals surface area contributed by atoms with Gasteiger partial charge in [0.25, 0.3) is 0 Å². The SMILES string of the molecule is Cn1ncc2c1CNC[C@H]2COc1cccnc1. The molecule has 5 heteroatoms. The maximum atomic E-state index is 5.77. The Hall–Kier alpha value is -1.88. The van der Waals surface area contributed by atoms with Crippen LogP contribution in [0.25, 0.3) is 0 Å². The molecule has 0 unspecified atom stereocenters. The summed E-state index contributed by atoms with van der Waals surface area (Å²) in [6.07, 6.45) is 5.43. The molecule has 5 nitrogen and oxygen atoms in total. The highest BCUT2D eigenvalue weighted by molar-refractivity contribution is 5.26. The molecule has 94 valence electrons. The average molecular weight is 244 g/mol. The maximum absolute atomic E-state index is 5.77. The van der Waals surface area contributed by atoms with E-state index in [9.17, 15) is 0 Å². The summed E-state index contributed by atoms with van der Waals surface area (Å²) in [5, 5.41) is 7.71. The standard InChI is InChI=1S/C13H16N4O/c1-17-13-8-15-5-10(12(13)7-16-17)9-18-11-3-2-4-14-6-11/h2-4,6-7,10,15H,5,8-9H2,1H3/t10-/m0/s1. The van der Waals surface area contributed by atoms with E-state index in [0.29, 0.717) is 12.5 Å². The fourth-order valence-corrected chi connectivity index (χ4v) is 2.29. The molecule has 1 N–H and O–H groups in total. The molecule has 0 bridgehead atoms. The van der Waals surface area contributed by atoms with Crippen molar-refractivity contribution >= 4 is 0 Å². The van der Waals surface area contributed by atoms with Crippen LogP contribution in [0.4, 0.5) is 0 Å². The smallest absolute Gasteiger partial charge is 0.137 e. The Labute approximate surface area is 106 Å². The Morgan fingerprint density at radius 1 is 1.50 bits per heavy atom. The van der Waals surface area contributed by atoms with E-state index in [0.717, 1.165) is 18.8 Å². The van der Waals surface area contributed by atoms with Gasteiger partial charge in [-0.1, -0.05) is 0 Å². The second-order valence-corrected chi connectivity index (χ2v) is 4.50. The van der Waals surface area contributed by atoms with E-state index < -0.39 is 0 Å². The molecule has 18 heavy (non-hydrogen) atoms. The zero-order valence-corrected chi connectivity index (χ0v) is 10.3. The lowest BCUT2D eigenvalue weighted by Crippen LogP contribution is -2.31. The van der Waals surface area contributed by atoms with E-state index in [1.54, 1.807) is 12.4 Å². The first-order valence-electron chi connectivity index (χ1n) is 6.09. The van der Waals surface area contributed by atoms with Crippen molar-refractivity contribution in [3.8, 4) is 5.75 Å². The summed E-state index contributed by atoms with van der Waals surface area (Å²) >= 11 is 0. The molecule has 0 aliphatic carbocycles. The van der Waals surface area contributed by atoms with Crippen LogP contribution < -0.4 is 10.1 Å². The molecule has 1 aliphatic heterocycles. The second kappa shape index (κ2) is 4.78. The van der Waals surface area contributed by atoms with Crippen LogP contribution >= 0.6 is 0 Å². The minimum absolute atomic E-state index is 0.350. The molecular weight excluding hydrogens is 228 g/mol. The highest BCUT2D eigenvalue weighted by Gasteiger charge is 2.23. The molecule has 0 amide bonds. The van der Waals surface area contributed by atoms with Crippen molar-refractivity contribution in [3.63, 3.8) is 0 Å². The fraction of sp³-hybridized carbons (Fsp3) is 0.385. The predicted octanol–water partition coefficient (Wildman–Crippen LogP) is 1.08. The first kappa shape index (κ1) is 11.2. The average Bonchev–Trinajstić information content (AvgIpc) is 2.80. The van der Waals surface area contributed by atoms with Gasteiger partial charge in [0.1, 0.15) is 5.75 Å². The van der Waals surface area contributed by atoms with Gasteiger partial charge in [-0.05, 0) is 12.1 Å². The number of pyridine rings is 1. The van der Waals surface area contributed by atoms with Crippen molar-refractivity contribution in [2.75, 3.05) is 13.2 Å². The Kier molecular flexibility index (Phi) is 2.98. The molecule has 0 radical (unpaired) electrons. The van der Waals surface area contributed by atoms with E-state index >= 15 is 0 Å². The zero-order chi connectivity index (χ0) is 12.4. The van der Waals surface area contributed by atoms with E-state index in [1.165, 1.54) is 11.3 Å². The fourth-order valence-electron chi connectivity index (χ4n) is 2.29. The maximum Gasteiger partial charge on any atom is 0.137 e. The normalized spacial score (nSPS) is 18.4. The van der Waals surface area contributed by atoms with Crippen LogP contribution in [0.2, 0.25) is 0 Å². The molecule has 2 aromatic rings. The topological polar surface area (TPSA) is 52.0 Å². The van der Waals surface area contributed by atoms with Gasteiger partial charge in [0.05, 0.1) is 24.7 Å². The van der Waals surface area contributed by atoms with Crippen molar-refractivity contribution in [1.82, 2.24) is 20.1 Å². The summed E-state index contributed by atoms with van der Waals surface area (Å²) in [7, 11) is 1.98. The lowest BCUT2D eigenvalue weighted by atomic mass is 9.97. The molecule has 1 aliphatic rings. The lowest BCUT2D eigenvalue weighted by molar-refractivity contribution is 0.276. The third kappa shape index (κ3) is 2.09. The molecule has 0 saturated carbocycles. The van der Waals surface area contributed by atoms with Crippen molar-refractivity contribution in [1.29, 1.82) is 0 Å². The van der Waals surface area contributed by atoms with E-state index in [1.807, 2.05) is 30.1 Å². The Balaban J connectivity index is 1.71. The van der Waals surface area contributed by atoms with Gasteiger partial charge in [-0.15, -0.1) is 0 Å². The number of hydrogen-bond donors (Lipinski definition) is 1. The molecule has 2 aromatic heterocycles. The summed E-state index contributed by atoms with van der Waals surface area (Å²) in [6, 6.07) is 3.80. The third-order valence-electron chi connectivity index (χ3n) is 3.30. The number of aromatic nitrogens is 3. The minimum atomic E-state index is 0.350. The summed E-state index contributed by atoms with van der Waals surface area (Å²) in [5.41, 5.74) is 2.54. The zero-order valence-electron chi connectivity index (χ0n) is 10.3. The monoisotopic (exact) mass is 244 g/mol. The first-order valence-corrected chi connectivity index (χ1v) is 6.09. The number of nitrogens with zero attached hydrogens (tertiary/aromatic N) is 3. The van der Waals surface area contributed by atoms with Gasteiger partial charge < -0.3 is 10.1 Å². The molecule has 3 heterocycles. The minimum Gasteiger partial charge on any atom is -0.491 e. The summed E-state index contributed by atoms with van der Waals surface area (Å²) in [6.45, 7) is 2.46. The number of nitrogens with one attached hydrogen (secondary N) is 1. The van der Waals surface area contributed by atoms with E-state index in [4.69, 9.17) is 4.74 Å². The highest BCUT2D eigenvalue weighted by atomic mass is 16.5. The first-order chi connectivity index (χ1) is 8.84. The molecule has 0 spiro atoms. The third-order valence-corrected chi connectivity index (χ3v) is 3.30. The van der Waals surface area contributed by atoms with Gasteiger partial charge in [0.2, 0.25) is 0 Å². The van der Waals surface area contributed by atoms with Crippen LogP contribution in [0, 0.1) is 0 Å². The quantitative estimate of drug-likeness (QED) is 0.878. The van der Waals surface area contributed by atoms with Crippen LogP contribution in [0.1, 0.15) is 17.2 Å². The number of rotatable bonds is 3. The number of ether oxygens (including phenoxy) is 1. The van der Waals surface area contributed by atoms with Gasteiger partial charge in [0, 0.05) is 37.8 Å². The van der Waals surface area contributed by atoms with Crippen LogP contribution in [0.3, 0.4) is 0 Å². The molecule has 0 saturated heterocycles. The molecule has 1 atom stereocenters. The summed E-state index contributed by atoms with van der Waals surface area (Å²) < 4.78 is 7.70. The van der Waals surface area contributed by atoms with Gasteiger partial charge in [0.15, 0.2) is 0 Å². The summed E-state index contributed by atoms with van der Waals surface area (Å²) in [4.78, 5) is 4.04. The Morgan fingerprint density at radius 3 is 3.28 bits per heavy atom. The molecule has 0 fully saturated rings. The van der Waals surface area contributed by atoms with Crippen LogP contribution in [0.15, 0.2) is 30.7 Å². The van der Waals surface area contributed by atoms with Crippen molar-refractivity contribution in [2.24, 2.45) is 7.05 Å². The van der Waals surface area contributed by atoms with Gasteiger partial charge in [-0.25, -0.2) is 0 Å². The van der Waals surface area contributed by atoms with Gasteiger partial charge in [-0.2, -0.15) is 5.10 Å². The Morgan fingerprint density at radius 2 is 2.44 bits per heavy atom. The summed E-state index contributed by atoms with van der Waals surface area (Å²) in [5.74, 6) is 1.16. The van der Waals surface area contributed by atoms with Gasteiger partial charge >= 0.3 is 0 Å². The van der Waals surface area contributed by atoms with Crippen molar-refractivity contribution in [3.05, 3.63) is 42.0 Å². The van der Waals surface area contributed by atoms with Crippen LogP contribution in [-0.4, -0.2) is 27.9 Å². The molecule has 0 aromatic carbocycles. The lowest BCUT2D eigenvalue weighted by Gasteiger charge is -2.23. The second-order valence-electron chi connectivity index (χ2n) is 4.50. The van der Waals surface area contributed by atoms with Crippen LogP contribution in [0.5, 0.6) is 5.75 Å². The van der Waals surface area contributed by atoms with Crippen molar-refractivity contribution in [2.45, 2.75) is 12.5 Å². The number of aryl methyl sites for hydroxylation is 1. The number of fused-ring (bicyclic) bond motifs is 1. The largest absolute Gasteiger partial charge is 0.491 e. The van der Waals surface area contributed by atoms with E-state index in [-0.39, 0.29) is 0 Å². The van der Waals surface area contributed by atoms with E-state index in [2.05, 4.69) is 15.4 Å². The van der Waals surface area contributed by atoms with Crippen molar-refractivity contribution < 1.29 is 4.74 Å². The molecule has 3 rings (SSSR count). The van der Waals surface area contributed by atoms with Gasteiger partial charge in [-0.3, -0.25) is 9.67 Å². The highest BCUT2D eigenvalue weighted by Crippen LogP contribution is 2.24. The van der Waals surface area contributed by atoms with Crippen LogP contribution in [-0.2, 0) is 13.6 Å². The Bertz CT molecular complexity index is 523. The predicted molar refractivity (Wildman–Crippen MR) is 67.4 cm³/mol. The number of hydrogen-bond acceptors (Lipinski definition) is 4. The molecular formula is C13H16N4O.